The van der Waals surface area contributed by atoms with Crippen molar-refractivity contribution in [1.82, 2.24) is 10.3 Å². The molecule has 0 amide bonds. The van der Waals surface area contributed by atoms with Crippen LogP contribution in [-0.2, 0) is 6.54 Å². The summed E-state index contributed by atoms with van der Waals surface area (Å²) in [6.07, 6.45) is 0. The van der Waals surface area contributed by atoms with Gasteiger partial charge < -0.3 is 10.3 Å². The molecule has 96 valence electrons. The van der Waals surface area contributed by atoms with Crippen molar-refractivity contribution in [2.75, 3.05) is 0 Å². The molecule has 1 unspecified atom stereocenters. The first kappa shape index (κ1) is 13.5. The predicted octanol–water partition coefficient (Wildman–Crippen LogP) is 3.19. The summed E-state index contributed by atoms with van der Waals surface area (Å²) in [4.78, 5) is 13.7. The fraction of sp³-hybridized carbons (Fsp3) is 0.250. The third-order valence-electron chi connectivity index (χ3n) is 2.61. The van der Waals surface area contributed by atoms with Crippen LogP contribution in [0.2, 0.25) is 0 Å². The highest BCUT2D eigenvalue weighted by molar-refractivity contribution is 9.10. The number of hydrogen-bond donors (Lipinski definition) is 2. The lowest BCUT2D eigenvalue weighted by atomic mass is 10.1. The van der Waals surface area contributed by atoms with Crippen molar-refractivity contribution in [3.05, 3.63) is 54.8 Å². The van der Waals surface area contributed by atoms with Crippen LogP contribution in [0, 0.1) is 5.82 Å². The van der Waals surface area contributed by atoms with Gasteiger partial charge in [0.25, 0.3) is 0 Å². The van der Waals surface area contributed by atoms with E-state index in [0.717, 1.165) is 22.6 Å². The van der Waals surface area contributed by atoms with E-state index in [4.69, 9.17) is 0 Å². The Morgan fingerprint density at radius 1 is 1.56 bits per heavy atom. The number of aromatic nitrogens is 1. The Morgan fingerprint density at radius 3 is 2.94 bits per heavy atom. The van der Waals surface area contributed by atoms with Gasteiger partial charge in [0.15, 0.2) is 0 Å². The zero-order valence-electron chi connectivity index (χ0n) is 9.67. The zero-order valence-corrected chi connectivity index (χ0v) is 12.1. The predicted molar refractivity (Wildman–Crippen MR) is 74.3 cm³/mol. The van der Waals surface area contributed by atoms with Gasteiger partial charge in [-0.2, -0.15) is 0 Å². The number of halogens is 2. The van der Waals surface area contributed by atoms with Gasteiger partial charge in [0, 0.05) is 23.7 Å². The molecule has 1 aromatic carbocycles. The first-order valence-corrected chi connectivity index (χ1v) is 7.08. The molecular weight excluding hydrogens is 319 g/mol. The molecule has 2 N–H and O–H groups in total. The molecule has 0 spiro atoms. The lowest BCUT2D eigenvalue weighted by Crippen LogP contribution is -2.18. The molecule has 3 nitrogen and oxygen atoms in total. The van der Waals surface area contributed by atoms with Crippen LogP contribution in [0.15, 0.2) is 32.8 Å². The standard InChI is InChI=1S/C12H12BrFN2OS/c1-7(8-2-3-11(14)10(13)4-8)15-5-9-6-18-12(17)16-9/h2-4,6-7,15H,5H2,1H3,(H,16,17). The number of aromatic amines is 1. The van der Waals surface area contributed by atoms with E-state index in [9.17, 15) is 9.18 Å². The molecule has 18 heavy (non-hydrogen) atoms. The lowest BCUT2D eigenvalue weighted by molar-refractivity contribution is 0.564. The number of H-pyrrole nitrogens is 1. The first-order valence-electron chi connectivity index (χ1n) is 5.41. The van der Waals surface area contributed by atoms with Crippen molar-refractivity contribution in [1.29, 1.82) is 0 Å². The van der Waals surface area contributed by atoms with Crippen LogP contribution >= 0.6 is 27.3 Å². The molecule has 0 saturated carbocycles. The summed E-state index contributed by atoms with van der Waals surface area (Å²) in [5, 5.41) is 5.06. The maximum atomic E-state index is 13.1. The van der Waals surface area contributed by atoms with Gasteiger partial charge >= 0.3 is 4.87 Å². The van der Waals surface area contributed by atoms with Crippen LogP contribution in [-0.4, -0.2) is 4.98 Å². The molecule has 2 rings (SSSR count). The molecule has 0 aliphatic carbocycles. The molecule has 0 aliphatic heterocycles. The molecular formula is C12H12BrFN2OS. The van der Waals surface area contributed by atoms with Gasteiger partial charge in [0.05, 0.1) is 4.47 Å². The molecule has 1 atom stereocenters. The zero-order chi connectivity index (χ0) is 13.1. The highest BCUT2D eigenvalue weighted by atomic mass is 79.9. The maximum Gasteiger partial charge on any atom is 0.304 e. The highest BCUT2D eigenvalue weighted by Gasteiger charge is 2.08. The third-order valence-corrected chi connectivity index (χ3v) is 3.94. The second-order valence-corrected chi connectivity index (χ2v) is 5.65. The Morgan fingerprint density at radius 2 is 2.33 bits per heavy atom. The van der Waals surface area contributed by atoms with Gasteiger partial charge in [-0.1, -0.05) is 17.4 Å². The summed E-state index contributed by atoms with van der Waals surface area (Å²) >= 11 is 4.31. The van der Waals surface area contributed by atoms with Crippen LogP contribution in [0.1, 0.15) is 24.2 Å². The van der Waals surface area contributed by atoms with E-state index >= 15 is 0 Å². The average Bonchev–Trinajstić information content (AvgIpc) is 2.75. The van der Waals surface area contributed by atoms with Crippen LogP contribution in [0.25, 0.3) is 0 Å². The summed E-state index contributed by atoms with van der Waals surface area (Å²) in [6, 6.07) is 5.01. The Balaban J connectivity index is 2.01. The van der Waals surface area contributed by atoms with E-state index in [2.05, 4.69) is 26.2 Å². The van der Waals surface area contributed by atoms with E-state index in [1.165, 1.54) is 6.07 Å². The summed E-state index contributed by atoms with van der Waals surface area (Å²) in [6.45, 7) is 2.57. The molecule has 0 bridgehead atoms. The Labute approximate surface area is 116 Å². The normalized spacial score (nSPS) is 12.6. The maximum absolute atomic E-state index is 13.1. The number of nitrogens with one attached hydrogen (secondary N) is 2. The van der Waals surface area contributed by atoms with Crippen molar-refractivity contribution >= 4 is 27.3 Å². The van der Waals surface area contributed by atoms with Gasteiger partial charge in [0.2, 0.25) is 0 Å². The van der Waals surface area contributed by atoms with Crippen molar-refractivity contribution in [2.45, 2.75) is 19.5 Å². The Bertz CT molecular complexity index is 596. The Kier molecular flexibility index (Phi) is 4.31. The molecule has 2 aromatic rings. The van der Waals surface area contributed by atoms with Crippen LogP contribution < -0.4 is 10.2 Å². The number of benzene rings is 1. The molecule has 0 fully saturated rings. The molecule has 1 aromatic heterocycles. The second-order valence-electron chi connectivity index (χ2n) is 3.95. The van der Waals surface area contributed by atoms with E-state index in [0.29, 0.717) is 11.0 Å². The van der Waals surface area contributed by atoms with Gasteiger partial charge in [-0.25, -0.2) is 4.39 Å². The lowest BCUT2D eigenvalue weighted by Gasteiger charge is -2.14. The minimum Gasteiger partial charge on any atom is -0.315 e. The summed E-state index contributed by atoms with van der Waals surface area (Å²) < 4.78 is 13.6. The molecule has 0 saturated heterocycles. The first-order chi connectivity index (χ1) is 8.56. The van der Waals surface area contributed by atoms with Crippen LogP contribution in [0.3, 0.4) is 0 Å². The van der Waals surface area contributed by atoms with E-state index in [-0.39, 0.29) is 16.7 Å². The molecule has 0 radical (unpaired) electrons. The molecule has 1 heterocycles. The van der Waals surface area contributed by atoms with Crippen molar-refractivity contribution < 1.29 is 4.39 Å². The fourth-order valence-corrected chi connectivity index (χ4v) is 2.54. The summed E-state index contributed by atoms with van der Waals surface area (Å²) in [5.74, 6) is -0.270. The van der Waals surface area contributed by atoms with E-state index < -0.39 is 0 Å². The van der Waals surface area contributed by atoms with Crippen molar-refractivity contribution in [3.8, 4) is 0 Å². The number of rotatable bonds is 4. The highest BCUT2D eigenvalue weighted by Crippen LogP contribution is 2.21. The topological polar surface area (TPSA) is 44.9 Å². The average molecular weight is 331 g/mol. The summed E-state index contributed by atoms with van der Waals surface area (Å²) in [7, 11) is 0. The SMILES string of the molecule is CC(NCc1csc(=O)[nH]1)c1ccc(F)c(Br)c1. The minimum absolute atomic E-state index is 0.0519. The quantitative estimate of drug-likeness (QED) is 0.904. The number of thiazole rings is 1. The minimum atomic E-state index is -0.270. The van der Waals surface area contributed by atoms with Crippen LogP contribution in [0.4, 0.5) is 4.39 Å². The van der Waals surface area contributed by atoms with Crippen molar-refractivity contribution in [2.24, 2.45) is 0 Å². The smallest absolute Gasteiger partial charge is 0.304 e. The largest absolute Gasteiger partial charge is 0.315 e. The fourth-order valence-electron chi connectivity index (χ4n) is 1.56. The van der Waals surface area contributed by atoms with Gasteiger partial charge in [-0.3, -0.25) is 4.79 Å². The van der Waals surface area contributed by atoms with Crippen molar-refractivity contribution in [3.63, 3.8) is 0 Å². The van der Waals surface area contributed by atoms with Crippen LogP contribution in [0.5, 0.6) is 0 Å². The van der Waals surface area contributed by atoms with E-state index in [1.807, 2.05) is 6.92 Å². The number of hydrogen-bond acceptors (Lipinski definition) is 3. The second kappa shape index (κ2) is 5.77. The van der Waals surface area contributed by atoms with Gasteiger partial charge in [0.1, 0.15) is 5.82 Å². The molecule has 6 heteroatoms. The third kappa shape index (κ3) is 3.28. The molecule has 0 aliphatic rings. The Hall–Kier alpha value is -0.980. The van der Waals surface area contributed by atoms with E-state index in [1.54, 1.807) is 17.5 Å². The summed E-state index contributed by atoms with van der Waals surface area (Å²) in [5.41, 5.74) is 1.85. The monoisotopic (exact) mass is 330 g/mol. The van der Waals surface area contributed by atoms with Gasteiger partial charge in [-0.15, -0.1) is 0 Å². The van der Waals surface area contributed by atoms with Gasteiger partial charge in [-0.05, 0) is 40.5 Å².